The SMILES string of the molecule is Cc1cc(Cl)cc(-c2ccnc3cc(Cn4c(=O)ccn(C)c4=O)sc23)c1OC1CC(N)C1. The van der Waals surface area contributed by atoms with E-state index in [1.54, 1.807) is 13.2 Å². The predicted molar refractivity (Wildman–Crippen MR) is 131 cm³/mol. The molecule has 0 atom stereocenters. The number of pyridine rings is 1. The van der Waals surface area contributed by atoms with Gasteiger partial charge in [-0.2, -0.15) is 0 Å². The minimum atomic E-state index is -0.354. The van der Waals surface area contributed by atoms with Crippen LogP contribution in [0.2, 0.25) is 5.02 Å². The van der Waals surface area contributed by atoms with E-state index in [4.69, 9.17) is 22.1 Å². The van der Waals surface area contributed by atoms with Crippen LogP contribution in [-0.2, 0) is 13.6 Å². The maximum absolute atomic E-state index is 12.5. The predicted octanol–water partition coefficient (Wildman–Crippen LogP) is 3.70. The molecule has 4 aromatic rings. The Balaban J connectivity index is 1.60. The lowest BCUT2D eigenvalue weighted by Gasteiger charge is -2.33. The van der Waals surface area contributed by atoms with Crippen LogP contribution in [0.4, 0.5) is 0 Å². The van der Waals surface area contributed by atoms with Crippen molar-refractivity contribution in [2.75, 3.05) is 0 Å². The Kier molecular flexibility index (Phi) is 5.60. The maximum atomic E-state index is 12.5. The summed E-state index contributed by atoms with van der Waals surface area (Å²) >= 11 is 7.94. The fraction of sp³-hybridized carbons (Fsp3) is 0.292. The van der Waals surface area contributed by atoms with Crippen LogP contribution >= 0.6 is 22.9 Å². The van der Waals surface area contributed by atoms with Crippen LogP contribution in [0.3, 0.4) is 0 Å². The largest absolute Gasteiger partial charge is 0.489 e. The molecule has 0 unspecified atom stereocenters. The van der Waals surface area contributed by atoms with Crippen molar-refractivity contribution in [3.8, 4) is 16.9 Å². The summed E-state index contributed by atoms with van der Waals surface area (Å²) in [5.41, 5.74) is 8.87. The van der Waals surface area contributed by atoms with Crippen LogP contribution in [0.25, 0.3) is 21.3 Å². The van der Waals surface area contributed by atoms with Crippen molar-refractivity contribution in [2.24, 2.45) is 12.8 Å². The molecule has 9 heteroatoms. The van der Waals surface area contributed by atoms with Gasteiger partial charge in [-0.05, 0) is 49.6 Å². The van der Waals surface area contributed by atoms with E-state index in [9.17, 15) is 9.59 Å². The van der Waals surface area contributed by atoms with Crippen molar-refractivity contribution in [3.63, 3.8) is 0 Å². The third kappa shape index (κ3) is 4.10. The summed E-state index contributed by atoms with van der Waals surface area (Å²) in [7, 11) is 1.63. The summed E-state index contributed by atoms with van der Waals surface area (Å²) < 4.78 is 9.91. The molecule has 170 valence electrons. The van der Waals surface area contributed by atoms with E-state index in [1.165, 1.54) is 32.7 Å². The maximum Gasteiger partial charge on any atom is 0.331 e. The van der Waals surface area contributed by atoms with Crippen molar-refractivity contribution in [2.45, 2.75) is 38.5 Å². The number of hydrogen-bond acceptors (Lipinski definition) is 6. The normalized spacial score (nSPS) is 17.8. The standard InChI is InChI=1S/C24H23ClN4O3S/c1-13-7-14(25)8-19(22(13)32-16-9-15(26)10-16)18-3-5-27-20-11-17(33-23(18)20)12-29-21(30)4-6-28(2)24(29)31/h3-8,11,15-16H,9-10,12,26H2,1-2H3. The van der Waals surface area contributed by atoms with E-state index in [-0.39, 0.29) is 29.9 Å². The zero-order chi connectivity index (χ0) is 23.3. The molecule has 7 nitrogen and oxygen atoms in total. The number of benzene rings is 1. The van der Waals surface area contributed by atoms with Crippen molar-refractivity contribution in [3.05, 3.63) is 79.0 Å². The summed E-state index contributed by atoms with van der Waals surface area (Å²) in [4.78, 5) is 30.1. The second-order valence-corrected chi connectivity index (χ2v) is 10.1. The van der Waals surface area contributed by atoms with Gasteiger partial charge in [-0.3, -0.25) is 14.3 Å². The smallest absolute Gasteiger partial charge is 0.331 e. The number of nitrogens with two attached hydrogens (primary N) is 1. The zero-order valence-electron chi connectivity index (χ0n) is 18.2. The number of halogens is 1. The van der Waals surface area contributed by atoms with Gasteiger partial charge < -0.3 is 15.0 Å². The lowest BCUT2D eigenvalue weighted by molar-refractivity contribution is 0.101. The van der Waals surface area contributed by atoms with Crippen molar-refractivity contribution in [1.29, 1.82) is 0 Å². The van der Waals surface area contributed by atoms with Gasteiger partial charge in [0.15, 0.2) is 0 Å². The van der Waals surface area contributed by atoms with E-state index in [0.717, 1.165) is 50.4 Å². The van der Waals surface area contributed by atoms with E-state index in [0.29, 0.717) is 5.02 Å². The third-order valence-electron chi connectivity index (χ3n) is 5.96. The molecular formula is C24H23ClN4O3S. The van der Waals surface area contributed by atoms with Gasteiger partial charge in [-0.1, -0.05) is 11.6 Å². The molecule has 1 aliphatic carbocycles. The number of fused-ring (bicyclic) bond motifs is 1. The van der Waals surface area contributed by atoms with Crippen LogP contribution in [0.5, 0.6) is 5.75 Å². The zero-order valence-corrected chi connectivity index (χ0v) is 19.8. The van der Waals surface area contributed by atoms with E-state index in [1.807, 2.05) is 31.2 Å². The summed E-state index contributed by atoms with van der Waals surface area (Å²) in [6.07, 6.45) is 4.98. The molecule has 3 heterocycles. The number of hydrogen-bond donors (Lipinski definition) is 1. The molecular weight excluding hydrogens is 460 g/mol. The number of rotatable bonds is 5. The highest BCUT2D eigenvalue weighted by Crippen LogP contribution is 2.42. The molecule has 2 N–H and O–H groups in total. The summed E-state index contributed by atoms with van der Waals surface area (Å²) in [6.45, 7) is 2.17. The van der Waals surface area contributed by atoms with Gasteiger partial charge >= 0.3 is 5.69 Å². The highest BCUT2D eigenvalue weighted by Gasteiger charge is 2.29. The van der Waals surface area contributed by atoms with Crippen molar-refractivity contribution < 1.29 is 4.74 Å². The van der Waals surface area contributed by atoms with Gasteiger partial charge in [0.25, 0.3) is 5.56 Å². The lowest BCUT2D eigenvalue weighted by Crippen LogP contribution is -2.43. The fourth-order valence-corrected chi connectivity index (χ4v) is 5.55. The van der Waals surface area contributed by atoms with Gasteiger partial charge in [0, 0.05) is 52.6 Å². The average Bonchev–Trinajstić information content (AvgIpc) is 3.17. The third-order valence-corrected chi connectivity index (χ3v) is 7.32. The Hall–Kier alpha value is -2.94. The van der Waals surface area contributed by atoms with Crippen LogP contribution in [0, 0.1) is 6.92 Å². The summed E-state index contributed by atoms with van der Waals surface area (Å²) in [5, 5.41) is 0.626. The minimum absolute atomic E-state index is 0.0935. The Morgan fingerprint density at radius 1 is 1.21 bits per heavy atom. The van der Waals surface area contributed by atoms with Crippen molar-refractivity contribution >= 4 is 33.2 Å². The van der Waals surface area contributed by atoms with Crippen LogP contribution < -0.4 is 21.7 Å². The Labute approximate surface area is 199 Å². The summed E-state index contributed by atoms with van der Waals surface area (Å²) in [6, 6.07) is 9.26. The van der Waals surface area contributed by atoms with Gasteiger partial charge in [-0.25, -0.2) is 4.79 Å². The highest BCUT2D eigenvalue weighted by atomic mass is 35.5. The highest BCUT2D eigenvalue weighted by molar-refractivity contribution is 7.19. The van der Waals surface area contributed by atoms with Crippen LogP contribution in [0.15, 0.2) is 52.3 Å². The second kappa shape index (κ2) is 8.44. The Morgan fingerprint density at radius 3 is 2.76 bits per heavy atom. The topological polar surface area (TPSA) is 92.1 Å². The minimum Gasteiger partial charge on any atom is -0.489 e. The fourth-order valence-electron chi connectivity index (χ4n) is 4.15. The number of aryl methyl sites for hydroxylation is 2. The van der Waals surface area contributed by atoms with E-state index < -0.39 is 0 Å². The average molecular weight is 483 g/mol. The molecule has 1 aromatic carbocycles. The summed E-state index contributed by atoms with van der Waals surface area (Å²) in [5.74, 6) is 0.798. The Bertz CT molecular complexity index is 1480. The van der Waals surface area contributed by atoms with Gasteiger partial charge in [0.05, 0.1) is 16.8 Å². The molecule has 0 aliphatic heterocycles. The molecule has 3 aromatic heterocycles. The van der Waals surface area contributed by atoms with Crippen LogP contribution in [0.1, 0.15) is 23.3 Å². The number of ether oxygens (including phenoxy) is 1. The first-order valence-corrected chi connectivity index (χ1v) is 11.9. The second-order valence-electron chi connectivity index (χ2n) is 8.49. The number of thiophene rings is 1. The molecule has 1 saturated carbocycles. The molecule has 0 spiro atoms. The molecule has 1 aliphatic rings. The molecule has 0 radical (unpaired) electrons. The first-order chi connectivity index (χ1) is 15.8. The molecule has 0 amide bonds. The van der Waals surface area contributed by atoms with Gasteiger partial charge in [0.2, 0.25) is 0 Å². The molecule has 5 rings (SSSR count). The quantitative estimate of drug-likeness (QED) is 0.468. The van der Waals surface area contributed by atoms with Crippen molar-refractivity contribution in [1.82, 2.24) is 14.1 Å². The monoisotopic (exact) mass is 482 g/mol. The number of aromatic nitrogens is 3. The van der Waals surface area contributed by atoms with E-state index in [2.05, 4.69) is 4.98 Å². The first-order valence-electron chi connectivity index (χ1n) is 10.7. The molecule has 33 heavy (non-hydrogen) atoms. The van der Waals surface area contributed by atoms with E-state index >= 15 is 0 Å². The Morgan fingerprint density at radius 2 is 2.00 bits per heavy atom. The van der Waals surface area contributed by atoms with Gasteiger partial charge in [0.1, 0.15) is 11.9 Å². The molecule has 0 saturated heterocycles. The van der Waals surface area contributed by atoms with Gasteiger partial charge in [-0.15, -0.1) is 11.3 Å². The van der Waals surface area contributed by atoms with Crippen LogP contribution in [-0.4, -0.2) is 26.3 Å². The molecule has 1 fully saturated rings. The first kappa shape index (κ1) is 21.9. The molecule has 0 bridgehead atoms. The lowest BCUT2D eigenvalue weighted by atomic mass is 9.90. The number of nitrogens with zero attached hydrogens (tertiary/aromatic N) is 3.